The van der Waals surface area contributed by atoms with E-state index < -0.39 is 10.2 Å². The fraction of sp³-hybridized carbons (Fsp3) is 0.750. The van der Waals surface area contributed by atoms with Gasteiger partial charge < -0.3 is 10.3 Å². The zero-order valence-electron chi connectivity index (χ0n) is 12.1. The lowest BCUT2D eigenvalue weighted by atomic mass is 10.1. The number of likely N-dealkylation sites (N-methyl/N-ethyl adjacent to an activating group) is 1. The predicted molar refractivity (Wildman–Crippen MR) is 83.6 cm³/mol. The second-order valence-corrected chi connectivity index (χ2v) is 7.62. The highest BCUT2D eigenvalue weighted by atomic mass is 32.2. The Bertz CT molecular complexity index is 596. The Balaban J connectivity index is 1.99. The monoisotopic (exact) mass is 334 g/mol. The van der Waals surface area contributed by atoms with Crippen LogP contribution in [0.2, 0.25) is 0 Å². The smallest absolute Gasteiger partial charge is 0.304 e. The second kappa shape index (κ2) is 7.50. The van der Waals surface area contributed by atoms with Gasteiger partial charge in [0.15, 0.2) is 0 Å². The van der Waals surface area contributed by atoms with Crippen molar-refractivity contribution in [2.24, 2.45) is 0 Å². The van der Waals surface area contributed by atoms with Crippen molar-refractivity contribution < 1.29 is 8.42 Å². The van der Waals surface area contributed by atoms with E-state index in [1.807, 2.05) is 6.92 Å². The normalized spacial score (nSPS) is 20.7. The maximum Gasteiger partial charge on any atom is 0.304 e. The molecular weight excluding hydrogens is 312 g/mol. The van der Waals surface area contributed by atoms with Gasteiger partial charge in [0, 0.05) is 30.2 Å². The van der Waals surface area contributed by atoms with Crippen molar-refractivity contribution >= 4 is 21.5 Å². The molecule has 3 N–H and O–H groups in total. The van der Waals surface area contributed by atoms with Crippen molar-refractivity contribution in [1.29, 1.82) is 0 Å². The molecule has 1 aromatic rings. The SMILES string of the molecule is CCNCC1CCCCN1S(=O)(=O)NCc1csc(=O)[nH]1. The van der Waals surface area contributed by atoms with Crippen molar-refractivity contribution in [3.05, 3.63) is 20.7 Å². The molecule has 9 heteroatoms. The maximum atomic E-state index is 12.4. The second-order valence-electron chi connectivity index (χ2n) is 5.07. The van der Waals surface area contributed by atoms with Crippen LogP contribution in [0, 0.1) is 0 Å². The van der Waals surface area contributed by atoms with Crippen LogP contribution in [0.5, 0.6) is 0 Å². The van der Waals surface area contributed by atoms with Crippen LogP contribution >= 0.6 is 11.3 Å². The van der Waals surface area contributed by atoms with Gasteiger partial charge in [-0.1, -0.05) is 24.7 Å². The largest absolute Gasteiger partial charge is 0.315 e. The minimum absolute atomic E-state index is 0.00211. The van der Waals surface area contributed by atoms with Gasteiger partial charge in [-0.25, -0.2) is 0 Å². The summed E-state index contributed by atoms with van der Waals surface area (Å²) in [4.78, 5) is 13.5. The predicted octanol–water partition coefficient (Wildman–Crippen LogP) is 0.235. The molecule has 1 aliphatic rings. The summed E-state index contributed by atoms with van der Waals surface area (Å²) in [6.07, 6.45) is 2.82. The highest BCUT2D eigenvalue weighted by Crippen LogP contribution is 2.19. The number of H-pyrrole nitrogens is 1. The molecule has 0 aliphatic carbocycles. The van der Waals surface area contributed by atoms with Crippen LogP contribution in [0.4, 0.5) is 0 Å². The highest BCUT2D eigenvalue weighted by molar-refractivity contribution is 7.87. The average Bonchev–Trinajstić information content (AvgIpc) is 2.89. The van der Waals surface area contributed by atoms with Gasteiger partial charge in [-0.2, -0.15) is 17.4 Å². The fourth-order valence-corrected chi connectivity index (χ4v) is 4.49. The van der Waals surface area contributed by atoms with Crippen LogP contribution in [-0.2, 0) is 16.8 Å². The molecule has 0 amide bonds. The Kier molecular flexibility index (Phi) is 5.94. The van der Waals surface area contributed by atoms with Crippen molar-refractivity contribution in [2.45, 2.75) is 38.8 Å². The Morgan fingerprint density at radius 1 is 1.48 bits per heavy atom. The molecule has 1 aromatic heterocycles. The average molecular weight is 334 g/mol. The van der Waals surface area contributed by atoms with Crippen molar-refractivity contribution in [2.75, 3.05) is 19.6 Å². The molecule has 0 aromatic carbocycles. The Morgan fingerprint density at radius 2 is 2.29 bits per heavy atom. The van der Waals surface area contributed by atoms with Crippen LogP contribution in [0.3, 0.4) is 0 Å². The van der Waals surface area contributed by atoms with Gasteiger partial charge in [-0.3, -0.25) is 4.79 Å². The molecule has 120 valence electrons. The lowest BCUT2D eigenvalue weighted by Gasteiger charge is -2.34. The quantitative estimate of drug-likeness (QED) is 0.665. The summed E-state index contributed by atoms with van der Waals surface area (Å²) in [6, 6.07) is -0.00211. The first-order chi connectivity index (χ1) is 10.0. The van der Waals surface area contributed by atoms with E-state index >= 15 is 0 Å². The first-order valence-corrected chi connectivity index (χ1v) is 9.48. The first kappa shape index (κ1) is 16.6. The number of piperidine rings is 1. The zero-order valence-corrected chi connectivity index (χ0v) is 13.7. The van der Waals surface area contributed by atoms with E-state index in [2.05, 4.69) is 15.0 Å². The molecule has 7 nitrogen and oxygen atoms in total. The molecule has 0 radical (unpaired) electrons. The van der Waals surface area contributed by atoms with Crippen molar-refractivity contribution in [1.82, 2.24) is 19.3 Å². The van der Waals surface area contributed by atoms with Crippen molar-refractivity contribution in [3.63, 3.8) is 0 Å². The van der Waals surface area contributed by atoms with Crippen molar-refractivity contribution in [3.8, 4) is 0 Å². The molecule has 1 saturated heterocycles. The van der Waals surface area contributed by atoms with E-state index in [0.29, 0.717) is 18.8 Å². The maximum absolute atomic E-state index is 12.4. The number of aromatic amines is 1. The number of aromatic nitrogens is 1. The summed E-state index contributed by atoms with van der Waals surface area (Å²) in [6.45, 7) is 4.17. The Labute approximate surface area is 128 Å². The van der Waals surface area contributed by atoms with Crippen LogP contribution in [0.15, 0.2) is 10.2 Å². The fourth-order valence-electron chi connectivity index (χ4n) is 2.46. The van der Waals surface area contributed by atoms with Crippen LogP contribution < -0.4 is 14.9 Å². The third-order valence-corrected chi connectivity index (χ3v) is 5.85. The van der Waals surface area contributed by atoms with E-state index in [-0.39, 0.29) is 17.5 Å². The molecule has 2 heterocycles. The van der Waals surface area contributed by atoms with Gasteiger partial charge in [-0.15, -0.1) is 0 Å². The van der Waals surface area contributed by atoms with E-state index in [9.17, 15) is 13.2 Å². The number of nitrogens with one attached hydrogen (secondary N) is 3. The van der Waals surface area contributed by atoms with E-state index in [0.717, 1.165) is 37.1 Å². The van der Waals surface area contributed by atoms with E-state index in [4.69, 9.17) is 0 Å². The summed E-state index contributed by atoms with van der Waals surface area (Å²) in [5, 5.41) is 4.85. The molecule has 1 atom stereocenters. The summed E-state index contributed by atoms with van der Waals surface area (Å²) in [5.41, 5.74) is 0.591. The molecule has 2 rings (SSSR count). The lowest BCUT2D eigenvalue weighted by molar-refractivity contribution is 0.243. The number of hydrogen-bond acceptors (Lipinski definition) is 5. The third kappa shape index (κ3) is 4.62. The molecule has 1 unspecified atom stereocenters. The van der Waals surface area contributed by atoms with Gasteiger partial charge in [-0.05, 0) is 19.4 Å². The van der Waals surface area contributed by atoms with Gasteiger partial charge in [0.05, 0.1) is 6.54 Å². The van der Waals surface area contributed by atoms with E-state index in [1.54, 1.807) is 9.69 Å². The molecule has 0 bridgehead atoms. The lowest BCUT2D eigenvalue weighted by Crippen LogP contribution is -2.52. The zero-order chi connectivity index (χ0) is 15.3. The minimum atomic E-state index is -3.53. The first-order valence-electron chi connectivity index (χ1n) is 7.16. The Morgan fingerprint density at radius 3 is 2.95 bits per heavy atom. The van der Waals surface area contributed by atoms with Gasteiger partial charge >= 0.3 is 4.87 Å². The molecule has 0 saturated carbocycles. The minimum Gasteiger partial charge on any atom is -0.315 e. The summed E-state index contributed by atoms with van der Waals surface area (Å²) in [5.74, 6) is 0. The molecule has 0 spiro atoms. The van der Waals surface area contributed by atoms with Crippen LogP contribution in [0.1, 0.15) is 31.9 Å². The summed E-state index contributed by atoms with van der Waals surface area (Å²) >= 11 is 1.03. The Hall–Kier alpha value is -0.740. The van der Waals surface area contributed by atoms with Gasteiger partial charge in [0.2, 0.25) is 0 Å². The number of rotatable bonds is 7. The third-order valence-electron chi connectivity index (χ3n) is 3.53. The number of nitrogens with zero attached hydrogens (tertiary/aromatic N) is 1. The van der Waals surface area contributed by atoms with Gasteiger partial charge in [0.25, 0.3) is 10.2 Å². The summed E-state index contributed by atoms with van der Waals surface area (Å²) in [7, 11) is -3.53. The molecule has 1 fully saturated rings. The standard InChI is InChI=1S/C12H22N4O3S2/c1-2-13-8-11-5-3-4-6-16(11)21(18,19)14-7-10-9-20-12(17)15-10/h9,11,13-14H,2-8H2,1H3,(H,15,17). The summed E-state index contributed by atoms with van der Waals surface area (Å²) < 4.78 is 29.0. The number of thiazole rings is 1. The van der Waals surface area contributed by atoms with Gasteiger partial charge in [0.1, 0.15) is 0 Å². The molecule has 1 aliphatic heterocycles. The van der Waals surface area contributed by atoms with E-state index in [1.165, 1.54) is 0 Å². The molecule has 21 heavy (non-hydrogen) atoms. The van der Waals surface area contributed by atoms with Crippen LogP contribution in [-0.4, -0.2) is 43.4 Å². The highest BCUT2D eigenvalue weighted by Gasteiger charge is 2.31. The number of hydrogen-bond donors (Lipinski definition) is 3. The topological polar surface area (TPSA) is 94.3 Å². The molecular formula is C12H22N4O3S2. The van der Waals surface area contributed by atoms with Crippen LogP contribution in [0.25, 0.3) is 0 Å².